The van der Waals surface area contributed by atoms with Crippen molar-refractivity contribution in [3.63, 3.8) is 0 Å². The molecule has 0 aliphatic carbocycles. The van der Waals surface area contributed by atoms with Crippen LogP contribution in [0.1, 0.15) is 13.8 Å². The van der Waals surface area contributed by atoms with Crippen LogP contribution in [0.15, 0.2) is 4.99 Å². The summed E-state index contributed by atoms with van der Waals surface area (Å²) in [5.74, 6) is -0.204. The zero-order valence-electron chi connectivity index (χ0n) is 10.2. The van der Waals surface area contributed by atoms with Gasteiger partial charge in [-0.15, -0.1) is 0 Å². The van der Waals surface area contributed by atoms with E-state index in [1.165, 1.54) is 11.9 Å². The van der Waals surface area contributed by atoms with E-state index in [0.717, 1.165) is 4.90 Å². The topological polar surface area (TPSA) is 56.2 Å². The number of likely N-dealkylation sites (N-methyl/N-ethyl adjacent to an activating group) is 2. The van der Waals surface area contributed by atoms with Crippen molar-refractivity contribution in [1.82, 2.24) is 14.7 Å². The average Bonchev–Trinajstić information content (AvgIpc) is 2.61. The molecule has 0 radical (unpaired) electrons. The quantitative estimate of drug-likeness (QED) is 0.669. The van der Waals surface area contributed by atoms with Gasteiger partial charge in [0, 0.05) is 20.1 Å². The number of rotatable bonds is 1. The number of halogens is 1. The molecule has 94 valence electrons. The molecule has 0 N–H and O–H groups in total. The minimum atomic E-state index is -0.428. The molecule has 6 nitrogen and oxygen atoms in total. The molecular weight excluding hydrogens is 288 g/mol. The van der Waals surface area contributed by atoms with E-state index in [-0.39, 0.29) is 18.0 Å². The molecule has 2 heterocycles. The number of aliphatic imine (C=N–C) groups is 1. The van der Waals surface area contributed by atoms with Gasteiger partial charge in [-0.2, -0.15) is 0 Å². The molecule has 2 atom stereocenters. The molecule has 7 heteroatoms. The zero-order chi connectivity index (χ0) is 12.9. The van der Waals surface area contributed by atoms with E-state index in [2.05, 4.69) is 20.9 Å². The van der Waals surface area contributed by atoms with Crippen molar-refractivity contribution < 1.29 is 9.59 Å². The molecule has 0 spiro atoms. The number of imide groups is 1. The lowest BCUT2D eigenvalue weighted by Crippen LogP contribution is -2.64. The second-order valence-corrected chi connectivity index (χ2v) is 5.26. The number of carbonyl (C=O) groups is 2. The van der Waals surface area contributed by atoms with Crippen molar-refractivity contribution in [2.24, 2.45) is 4.99 Å². The first-order chi connectivity index (χ1) is 7.86. The Hall–Kier alpha value is -1.11. The number of amides is 3. The average molecular weight is 303 g/mol. The van der Waals surface area contributed by atoms with E-state index in [1.54, 1.807) is 7.05 Å². The molecule has 2 aliphatic heterocycles. The van der Waals surface area contributed by atoms with Gasteiger partial charge in [-0.05, 0) is 29.8 Å². The maximum atomic E-state index is 12.2. The van der Waals surface area contributed by atoms with Crippen LogP contribution in [0.3, 0.4) is 0 Å². The monoisotopic (exact) mass is 302 g/mol. The zero-order valence-corrected chi connectivity index (χ0v) is 11.8. The van der Waals surface area contributed by atoms with Crippen LogP contribution in [0, 0.1) is 0 Å². The number of nitrogens with zero attached hydrogens (tertiary/aromatic N) is 4. The fourth-order valence-corrected chi connectivity index (χ4v) is 3.07. The van der Waals surface area contributed by atoms with Gasteiger partial charge in [-0.3, -0.25) is 9.69 Å². The molecule has 1 fully saturated rings. The van der Waals surface area contributed by atoms with Crippen LogP contribution >= 0.6 is 15.9 Å². The predicted octanol–water partition coefficient (Wildman–Crippen LogP) is 0.680. The first-order valence-electron chi connectivity index (χ1n) is 5.42. The van der Waals surface area contributed by atoms with Crippen LogP contribution < -0.4 is 0 Å². The number of hydrogen-bond donors (Lipinski definition) is 0. The summed E-state index contributed by atoms with van der Waals surface area (Å²) in [5.41, 5.74) is 0. The Kier molecular flexibility index (Phi) is 2.89. The molecule has 2 unspecified atom stereocenters. The molecule has 2 aliphatic rings. The minimum absolute atomic E-state index is 0.141. The van der Waals surface area contributed by atoms with Crippen molar-refractivity contribution in [2.75, 3.05) is 14.1 Å². The Labute approximate surface area is 108 Å². The standard InChI is InChI=1S/C10H15BrN4O2/c1-5(2)15-6-7(12-9(15)11)13(3)10(17)14(4)8(6)16/h5-7H,1-4H3. The number of carbonyl (C=O) groups excluding carboxylic acids is 2. The third-order valence-electron chi connectivity index (χ3n) is 3.16. The lowest BCUT2D eigenvalue weighted by atomic mass is 10.1. The second kappa shape index (κ2) is 3.97. The largest absolute Gasteiger partial charge is 0.333 e. The molecular formula is C10H15BrN4O2. The van der Waals surface area contributed by atoms with Gasteiger partial charge in [-0.25, -0.2) is 9.79 Å². The van der Waals surface area contributed by atoms with Gasteiger partial charge in [0.1, 0.15) is 0 Å². The van der Waals surface area contributed by atoms with Gasteiger partial charge in [0.15, 0.2) is 17.0 Å². The van der Waals surface area contributed by atoms with Gasteiger partial charge < -0.3 is 9.80 Å². The molecule has 17 heavy (non-hydrogen) atoms. The van der Waals surface area contributed by atoms with E-state index in [4.69, 9.17) is 0 Å². The maximum Gasteiger partial charge on any atom is 0.328 e. The number of amidine groups is 1. The van der Waals surface area contributed by atoms with Crippen molar-refractivity contribution in [3.8, 4) is 0 Å². The molecule has 1 saturated heterocycles. The lowest BCUT2D eigenvalue weighted by molar-refractivity contribution is -0.136. The van der Waals surface area contributed by atoms with Gasteiger partial charge >= 0.3 is 6.03 Å². The van der Waals surface area contributed by atoms with Gasteiger partial charge in [0.2, 0.25) is 0 Å². The van der Waals surface area contributed by atoms with Crippen molar-refractivity contribution >= 4 is 32.6 Å². The molecule has 3 amide bonds. The summed E-state index contributed by atoms with van der Waals surface area (Å²) in [6.07, 6.45) is -0.428. The van der Waals surface area contributed by atoms with Crippen LogP contribution in [0.2, 0.25) is 0 Å². The van der Waals surface area contributed by atoms with E-state index in [9.17, 15) is 9.59 Å². The summed E-state index contributed by atoms with van der Waals surface area (Å²) in [6.45, 7) is 3.98. The maximum absolute atomic E-state index is 12.2. The summed E-state index contributed by atoms with van der Waals surface area (Å²) < 4.78 is 0.630. The Balaban J connectivity index is 2.40. The van der Waals surface area contributed by atoms with Crippen LogP contribution in [0.25, 0.3) is 0 Å². The van der Waals surface area contributed by atoms with Crippen LogP contribution in [-0.2, 0) is 4.79 Å². The number of fused-ring (bicyclic) bond motifs is 1. The third kappa shape index (κ3) is 1.64. The Morgan fingerprint density at radius 3 is 2.41 bits per heavy atom. The highest BCUT2D eigenvalue weighted by atomic mass is 79.9. The number of urea groups is 1. The van der Waals surface area contributed by atoms with E-state index in [1.807, 2.05) is 18.7 Å². The fraction of sp³-hybridized carbons (Fsp3) is 0.700. The van der Waals surface area contributed by atoms with E-state index >= 15 is 0 Å². The summed E-state index contributed by atoms with van der Waals surface area (Å²) in [5, 5.41) is 0. The van der Waals surface area contributed by atoms with E-state index < -0.39 is 12.2 Å². The fourth-order valence-electron chi connectivity index (χ4n) is 2.23. The Bertz CT molecular complexity index is 409. The molecule has 0 saturated carbocycles. The first-order valence-corrected chi connectivity index (χ1v) is 6.21. The first kappa shape index (κ1) is 12.3. The van der Waals surface area contributed by atoms with Gasteiger partial charge in [0.05, 0.1) is 0 Å². The van der Waals surface area contributed by atoms with Crippen LogP contribution in [-0.4, -0.2) is 63.7 Å². The highest BCUT2D eigenvalue weighted by Gasteiger charge is 2.51. The summed E-state index contributed by atoms with van der Waals surface area (Å²) in [6, 6.07) is -0.593. The van der Waals surface area contributed by atoms with Crippen LogP contribution in [0.5, 0.6) is 0 Å². The summed E-state index contributed by atoms with van der Waals surface area (Å²) in [4.78, 5) is 32.8. The van der Waals surface area contributed by atoms with Crippen molar-refractivity contribution in [3.05, 3.63) is 0 Å². The molecule has 0 bridgehead atoms. The molecule has 0 aromatic rings. The molecule has 0 aromatic heterocycles. The lowest BCUT2D eigenvalue weighted by Gasteiger charge is -2.41. The van der Waals surface area contributed by atoms with Gasteiger partial charge in [0.25, 0.3) is 5.91 Å². The predicted molar refractivity (Wildman–Crippen MR) is 66.8 cm³/mol. The summed E-state index contributed by atoms with van der Waals surface area (Å²) in [7, 11) is 3.17. The number of hydrogen-bond acceptors (Lipinski definition) is 4. The van der Waals surface area contributed by atoms with Gasteiger partial charge in [-0.1, -0.05) is 0 Å². The normalized spacial score (nSPS) is 29.1. The third-order valence-corrected chi connectivity index (χ3v) is 3.77. The molecule has 0 aromatic carbocycles. The highest BCUT2D eigenvalue weighted by Crippen LogP contribution is 2.30. The van der Waals surface area contributed by atoms with E-state index in [0.29, 0.717) is 4.74 Å². The smallest absolute Gasteiger partial charge is 0.328 e. The SMILES string of the molecule is CC(C)N1C(Br)=NC2C1C(=O)N(C)C(=O)N2C. The summed E-state index contributed by atoms with van der Waals surface area (Å²) >= 11 is 3.36. The Morgan fingerprint density at radius 2 is 1.88 bits per heavy atom. The van der Waals surface area contributed by atoms with Crippen molar-refractivity contribution in [1.29, 1.82) is 0 Å². The second-order valence-electron chi connectivity index (χ2n) is 4.55. The Morgan fingerprint density at radius 1 is 1.29 bits per heavy atom. The highest BCUT2D eigenvalue weighted by molar-refractivity contribution is 9.18. The minimum Gasteiger partial charge on any atom is -0.333 e. The van der Waals surface area contributed by atoms with Crippen molar-refractivity contribution in [2.45, 2.75) is 32.1 Å². The molecule has 2 rings (SSSR count). The van der Waals surface area contributed by atoms with Crippen LogP contribution in [0.4, 0.5) is 4.79 Å².